The van der Waals surface area contributed by atoms with Gasteiger partial charge in [-0.3, -0.25) is 4.79 Å². The number of rotatable bonds is 6. The van der Waals surface area contributed by atoms with Gasteiger partial charge in [-0.2, -0.15) is 0 Å². The number of aromatic nitrogens is 1. The van der Waals surface area contributed by atoms with Crippen LogP contribution in [0.25, 0.3) is 10.9 Å². The molecule has 1 fully saturated rings. The fourth-order valence-corrected chi connectivity index (χ4v) is 4.07. The van der Waals surface area contributed by atoms with Crippen molar-refractivity contribution in [3.8, 4) is 0 Å². The van der Waals surface area contributed by atoms with Crippen molar-refractivity contribution in [1.82, 2.24) is 9.88 Å². The summed E-state index contributed by atoms with van der Waals surface area (Å²) in [6, 6.07) is 7.35. The first-order valence-corrected chi connectivity index (χ1v) is 9.97. The van der Waals surface area contributed by atoms with Crippen LogP contribution in [-0.4, -0.2) is 29.6 Å². The molecule has 27 heavy (non-hydrogen) atoms. The van der Waals surface area contributed by atoms with E-state index in [0.29, 0.717) is 11.5 Å². The molecule has 5 heteroatoms. The number of esters is 1. The third-order valence-electron chi connectivity index (χ3n) is 5.62. The lowest BCUT2D eigenvalue weighted by molar-refractivity contribution is -0.144. The summed E-state index contributed by atoms with van der Waals surface area (Å²) >= 11 is 0. The maximum absolute atomic E-state index is 13.0. The molecule has 0 unspecified atom stereocenters. The van der Waals surface area contributed by atoms with Crippen LogP contribution in [0.2, 0.25) is 0 Å². The van der Waals surface area contributed by atoms with Crippen LogP contribution in [0.15, 0.2) is 30.5 Å². The zero-order chi connectivity index (χ0) is 19.4. The highest BCUT2D eigenvalue weighted by Gasteiger charge is 2.27. The minimum absolute atomic E-state index is 0.0445. The maximum atomic E-state index is 13.0. The quantitative estimate of drug-likeness (QED) is 0.777. The van der Waals surface area contributed by atoms with E-state index < -0.39 is 12.0 Å². The van der Waals surface area contributed by atoms with E-state index in [9.17, 15) is 9.59 Å². The summed E-state index contributed by atoms with van der Waals surface area (Å²) in [5, 5.41) is 3.79. The summed E-state index contributed by atoms with van der Waals surface area (Å²) in [7, 11) is 1.35. The molecule has 3 rings (SSSR count). The summed E-state index contributed by atoms with van der Waals surface area (Å²) in [5.41, 5.74) is 1.70. The van der Waals surface area contributed by atoms with Crippen LogP contribution < -0.4 is 5.32 Å². The molecule has 1 amide bonds. The lowest BCUT2D eigenvalue weighted by Gasteiger charge is -2.22. The summed E-state index contributed by atoms with van der Waals surface area (Å²) in [6.45, 7) is 4.74. The fraction of sp³-hybridized carbons (Fsp3) is 0.545. The first-order chi connectivity index (χ1) is 13.0. The lowest BCUT2D eigenvalue weighted by atomic mass is 9.89. The van der Waals surface area contributed by atoms with Gasteiger partial charge in [0.25, 0.3) is 5.91 Å². The van der Waals surface area contributed by atoms with Gasteiger partial charge in [0.1, 0.15) is 6.04 Å². The molecule has 0 spiro atoms. The highest BCUT2D eigenvalue weighted by Crippen LogP contribution is 2.28. The number of ether oxygens (including phenoxy) is 1. The highest BCUT2D eigenvalue weighted by molar-refractivity contribution is 6.08. The number of hydrogen-bond acceptors (Lipinski definition) is 3. The Morgan fingerprint density at radius 2 is 1.89 bits per heavy atom. The minimum Gasteiger partial charge on any atom is -0.467 e. The van der Waals surface area contributed by atoms with E-state index in [0.717, 1.165) is 17.4 Å². The van der Waals surface area contributed by atoms with E-state index in [1.54, 1.807) is 0 Å². The predicted octanol–water partition coefficient (Wildman–Crippen LogP) is 4.15. The Labute approximate surface area is 161 Å². The molecule has 2 aromatic rings. The Balaban J connectivity index is 1.87. The number of fused-ring (bicyclic) bond motifs is 1. The first kappa shape index (κ1) is 19.5. The molecule has 0 aliphatic heterocycles. The molecule has 0 radical (unpaired) electrons. The van der Waals surface area contributed by atoms with Gasteiger partial charge in [-0.25, -0.2) is 4.79 Å². The number of benzene rings is 1. The molecule has 1 aromatic heterocycles. The molecule has 0 saturated heterocycles. The van der Waals surface area contributed by atoms with Crippen LogP contribution in [0.3, 0.4) is 0 Å². The average molecular weight is 370 g/mol. The van der Waals surface area contributed by atoms with Crippen molar-refractivity contribution in [3.05, 3.63) is 36.0 Å². The molecule has 1 aliphatic carbocycles. The Hall–Kier alpha value is -2.30. The van der Waals surface area contributed by atoms with E-state index in [1.165, 1.54) is 39.2 Å². The standard InChI is InChI=1S/C22H30N2O3/c1-15(2)20(22(26)27-3)23-21(25)18-14-24(13-16-9-5-4-6-10-16)19-12-8-7-11-17(18)19/h7-8,11-12,14-16,20H,4-6,9-10,13H2,1-3H3,(H,23,25)/t20-/m0/s1. The first-order valence-electron chi connectivity index (χ1n) is 9.97. The van der Waals surface area contributed by atoms with E-state index >= 15 is 0 Å². The van der Waals surface area contributed by atoms with Crippen molar-refractivity contribution in [2.75, 3.05) is 7.11 Å². The minimum atomic E-state index is -0.650. The zero-order valence-corrected chi connectivity index (χ0v) is 16.5. The Kier molecular flexibility index (Phi) is 6.19. The van der Waals surface area contributed by atoms with E-state index in [1.807, 2.05) is 38.2 Å². The fourth-order valence-electron chi connectivity index (χ4n) is 4.07. The Morgan fingerprint density at radius 3 is 2.56 bits per heavy atom. The van der Waals surface area contributed by atoms with E-state index in [2.05, 4.69) is 16.0 Å². The van der Waals surface area contributed by atoms with Gasteiger partial charge >= 0.3 is 5.97 Å². The number of nitrogens with one attached hydrogen (secondary N) is 1. The zero-order valence-electron chi connectivity index (χ0n) is 16.5. The van der Waals surface area contributed by atoms with Crippen molar-refractivity contribution >= 4 is 22.8 Å². The largest absolute Gasteiger partial charge is 0.467 e. The lowest BCUT2D eigenvalue weighted by Crippen LogP contribution is -2.45. The normalized spacial score (nSPS) is 16.4. The molecule has 1 heterocycles. The molecule has 1 atom stereocenters. The topological polar surface area (TPSA) is 60.3 Å². The van der Waals surface area contributed by atoms with Gasteiger partial charge < -0.3 is 14.6 Å². The maximum Gasteiger partial charge on any atom is 0.328 e. The second-order valence-corrected chi connectivity index (χ2v) is 7.93. The van der Waals surface area contributed by atoms with Gasteiger partial charge in [0.15, 0.2) is 0 Å². The molecule has 1 aliphatic rings. The number of carbonyl (C=O) groups is 2. The summed E-state index contributed by atoms with van der Waals surface area (Å²) in [5.74, 6) is -0.0112. The van der Waals surface area contributed by atoms with Crippen molar-refractivity contribution in [3.63, 3.8) is 0 Å². The Bertz CT molecular complexity index is 803. The van der Waals surface area contributed by atoms with Crippen LogP contribution in [0.5, 0.6) is 0 Å². The molecule has 5 nitrogen and oxygen atoms in total. The number of methoxy groups -OCH3 is 1. The summed E-state index contributed by atoms with van der Waals surface area (Å²) in [6.07, 6.45) is 8.39. The summed E-state index contributed by atoms with van der Waals surface area (Å²) in [4.78, 5) is 25.0. The third-order valence-corrected chi connectivity index (χ3v) is 5.62. The van der Waals surface area contributed by atoms with E-state index in [-0.39, 0.29) is 11.8 Å². The number of amides is 1. The van der Waals surface area contributed by atoms with Gasteiger partial charge in [0, 0.05) is 23.6 Å². The number of carbonyl (C=O) groups excluding carboxylic acids is 2. The average Bonchev–Trinajstić information content (AvgIpc) is 3.04. The number of hydrogen-bond donors (Lipinski definition) is 1. The van der Waals surface area contributed by atoms with Gasteiger partial charge in [-0.05, 0) is 30.7 Å². The van der Waals surface area contributed by atoms with Gasteiger partial charge in [0.2, 0.25) is 0 Å². The number of para-hydroxylation sites is 1. The van der Waals surface area contributed by atoms with Gasteiger partial charge in [-0.1, -0.05) is 51.3 Å². The predicted molar refractivity (Wildman–Crippen MR) is 107 cm³/mol. The molecule has 146 valence electrons. The monoisotopic (exact) mass is 370 g/mol. The van der Waals surface area contributed by atoms with Crippen molar-refractivity contribution in [2.45, 2.75) is 58.5 Å². The molecule has 1 N–H and O–H groups in total. The third kappa shape index (κ3) is 4.34. The van der Waals surface area contributed by atoms with Gasteiger partial charge in [-0.15, -0.1) is 0 Å². The highest BCUT2D eigenvalue weighted by atomic mass is 16.5. The molecular weight excluding hydrogens is 340 g/mol. The molecule has 0 bridgehead atoms. The van der Waals surface area contributed by atoms with Crippen molar-refractivity contribution in [2.24, 2.45) is 11.8 Å². The van der Waals surface area contributed by atoms with Crippen LogP contribution >= 0.6 is 0 Å². The van der Waals surface area contributed by atoms with Gasteiger partial charge in [0.05, 0.1) is 12.7 Å². The second-order valence-electron chi connectivity index (χ2n) is 7.93. The van der Waals surface area contributed by atoms with Crippen molar-refractivity contribution < 1.29 is 14.3 Å². The van der Waals surface area contributed by atoms with E-state index in [4.69, 9.17) is 4.74 Å². The molecular formula is C22H30N2O3. The number of nitrogens with zero attached hydrogens (tertiary/aromatic N) is 1. The molecule has 1 saturated carbocycles. The smallest absolute Gasteiger partial charge is 0.328 e. The second kappa shape index (κ2) is 8.59. The SMILES string of the molecule is COC(=O)[C@@H](NC(=O)c1cn(CC2CCCCC2)c2ccccc12)C(C)C. The van der Waals surface area contributed by atoms with Crippen LogP contribution in [0.4, 0.5) is 0 Å². The van der Waals surface area contributed by atoms with Crippen LogP contribution in [-0.2, 0) is 16.1 Å². The van der Waals surface area contributed by atoms with Crippen LogP contribution in [0.1, 0.15) is 56.3 Å². The van der Waals surface area contributed by atoms with Crippen LogP contribution in [0, 0.1) is 11.8 Å². The molecule has 1 aromatic carbocycles. The Morgan fingerprint density at radius 1 is 1.19 bits per heavy atom. The van der Waals surface area contributed by atoms with Crippen molar-refractivity contribution in [1.29, 1.82) is 0 Å². The summed E-state index contributed by atoms with van der Waals surface area (Å²) < 4.78 is 7.06.